The molecule has 25 heavy (non-hydrogen) atoms. The summed E-state index contributed by atoms with van der Waals surface area (Å²) in [6.45, 7) is 3.08. The lowest BCUT2D eigenvalue weighted by Gasteiger charge is -2.21. The fourth-order valence-corrected chi connectivity index (χ4v) is 3.13. The SMILES string of the molecule is Cc1c2c(n(C)c(=O)c1F)CN(C(=O)c1cnn(C(F)(F)F)c1)[C@@H]2C. The quantitative estimate of drug-likeness (QED) is 0.735. The molecule has 3 heterocycles. The molecule has 0 saturated heterocycles. The maximum atomic E-state index is 14.0. The highest BCUT2D eigenvalue weighted by Crippen LogP contribution is 2.36. The van der Waals surface area contributed by atoms with Crippen LogP contribution in [0.2, 0.25) is 0 Å². The van der Waals surface area contributed by atoms with E-state index in [1.165, 1.54) is 18.9 Å². The number of hydrogen-bond acceptors (Lipinski definition) is 3. The van der Waals surface area contributed by atoms with Crippen molar-refractivity contribution in [2.45, 2.75) is 32.7 Å². The van der Waals surface area contributed by atoms with Crippen LogP contribution < -0.4 is 5.56 Å². The summed E-state index contributed by atoms with van der Waals surface area (Å²) in [6.07, 6.45) is -3.29. The van der Waals surface area contributed by atoms with Gasteiger partial charge in [-0.25, -0.2) is 4.39 Å². The second kappa shape index (κ2) is 5.43. The molecule has 0 aliphatic carbocycles. The fraction of sp³-hybridized carbons (Fsp3) is 0.400. The zero-order chi connectivity index (χ0) is 18.7. The third-order valence-electron chi connectivity index (χ3n) is 4.50. The Hall–Kier alpha value is -2.65. The average molecular weight is 358 g/mol. The second-order valence-corrected chi connectivity index (χ2v) is 5.91. The van der Waals surface area contributed by atoms with Gasteiger partial charge in [-0.2, -0.15) is 9.78 Å². The van der Waals surface area contributed by atoms with Crippen molar-refractivity contribution in [1.82, 2.24) is 19.2 Å². The van der Waals surface area contributed by atoms with Gasteiger partial charge in [0.1, 0.15) is 0 Å². The van der Waals surface area contributed by atoms with Crippen molar-refractivity contribution in [3.63, 3.8) is 0 Å². The smallest absolute Gasteiger partial charge is 0.326 e. The van der Waals surface area contributed by atoms with Crippen LogP contribution in [0.3, 0.4) is 0 Å². The van der Waals surface area contributed by atoms with Crippen LogP contribution in [0.25, 0.3) is 0 Å². The lowest BCUT2D eigenvalue weighted by atomic mass is 10.0. The molecular weight excluding hydrogens is 344 g/mol. The predicted molar refractivity (Wildman–Crippen MR) is 78.2 cm³/mol. The first-order valence-electron chi connectivity index (χ1n) is 7.34. The highest BCUT2D eigenvalue weighted by Gasteiger charge is 2.37. The predicted octanol–water partition coefficient (Wildman–Crippen LogP) is 2.22. The van der Waals surface area contributed by atoms with E-state index in [2.05, 4.69) is 5.10 Å². The zero-order valence-electron chi connectivity index (χ0n) is 13.6. The topological polar surface area (TPSA) is 60.1 Å². The lowest BCUT2D eigenvalue weighted by Crippen LogP contribution is -2.28. The maximum Gasteiger partial charge on any atom is 0.504 e. The number of aromatic nitrogens is 3. The van der Waals surface area contributed by atoms with Crippen LogP contribution in [-0.2, 0) is 19.9 Å². The summed E-state index contributed by atoms with van der Waals surface area (Å²) in [7, 11) is 1.39. The molecule has 1 aliphatic heterocycles. The minimum atomic E-state index is -4.72. The van der Waals surface area contributed by atoms with Gasteiger partial charge < -0.3 is 9.47 Å². The van der Waals surface area contributed by atoms with Crippen molar-refractivity contribution < 1.29 is 22.4 Å². The first-order chi connectivity index (χ1) is 11.5. The van der Waals surface area contributed by atoms with Crippen LogP contribution in [0.15, 0.2) is 17.2 Å². The first kappa shape index (κ1) is 17.2. The third kappa shape index (κ3) is 2.52. The van der Waals surface area contributed by atoms with Gasteiger partial charge >= 0.3 is 6.30 Å². The van der Waals surface area contributed by atoms with Gasteiger partial charge in [-0.1, -0.05) is 0 Å². The number of nitrogens with zero attached hydrogens (tertiary/aromatic N) is 4. The van der Waals surface area contributed by atoms with Crippen molar-refractivity contribution >= 4 is 5.91 Å². The summed E-state index contributed by atoms with van der Waals surface area (Å²) in [5.41, 5.74) is 0.0683. The van der Waals surface area contributed by atoms with Gasteiger partial charge in [-0.15, -0.1) is 13.2 Å². The molecule has 0 spiro atoms. The van der Waals surface area contributed by atoms with Crippen LogP contribution in [-0.4, -0.2) is 25.2 Å². The highest BCUT2D eigenvalue weighted by molar-refractivity contribution is 5.94. The Morgan fingerprint density at radius 1 is 1.36 bits per heavy atom. The molecule has 0 N–H and O–H groups in total. The number of fused-ring (bicyclic) bond motifs is 1. The van der Waals surface area contributed by atoms with E-state index in [0.717, 1.165) is 10.8 Å². The zero-order valence-corrected chi connectivity index (χ0v) is 13.6. The molecule has 2 aromatic heterocycles. The molecule has 0 unspecified atom stereocenters. The first-order valence-corrected chi connectivity index (χ1v) is 7.34. The molecular formula is C15H14F4N4O2. The Morgan fingerprint density at radius 2 is 2.00 bits per heavy atom. The fourth-order valence-electron chi connectivity index (χ4n) is 3.13. The van der Waals surface area contributed by atoms with Gasteiger partial charge in [0.05, 0.1) is 24.3 Å². The minimum absolute atomic E-state index is 0.000604. The Morgan fingerprint density at radius 3 is 2.56 bits per heavy atom. The molecule has 6 nitrogen and oxygen atoms in total. The summed E-state index contributed by atoms with van der Waals surface area (Å²) in [6, 6.07) is -0.585. The van der Waals surface area contributed by atoms with Gasteiger partial charge in [0, 0.05) is 24.5 Å². The molecule has 134 valence electrons. The summed E-state index contributed by atoms with van der Waals surface area (Å²) >= 11 is 0. The molecule has 10 heteroatoms. The van der Waals surface area contributed by atoms with E-state index in [4.69, 9.17) is 0 Å². The highest BCUT2D eigenvalue weighted by atomic mass is 19.4. The van der Waals surface area contributed by atoms with E-state index in [0.29, 0.717) is 17.5 Å². The van der Waals surface area contributed by atoms with E-state index in [9.17, 15) is 27.2 Å². The lowest BCUT2D eigenvalue weighted by molar-refractivity contribution is -0.212. The van der Waals surface area contributed by atoms with Crippen LogP contribution in [0.4, 0.5) is 17.6 Å². The normalized spacial score (nSPS) is 17.1. The monoisotopic (exact) mass is 358 g/mol. The third-order valence-corrected chi connectivity index (χ3v) is 4.50. The van der Waals surface area contributed by atoms with Crippen molar-refractivity contribution in [2.75, 3.05) is 0 Å². The Labute approximate surface area is 139 Å². The molecule has 1 aliphatic rings. The van der Waals surface area contributed by atoms with Crippen LogP contribution in [0.5, 0.6) is 0 Å². The minimum Gasteiger partial charge on any atom is -0.326 e. The number of alkyl halides is 3. The molecule has 0 radical (unpaired) electrons. The number of amides is 1. The number of halogens is 4. The van der Waals surface area contributed by atoms with Gasteiger partial charge in [-0.05, 0) is 19.4 Å². The number of carbonyl (C=O) groups excluding carboxylic acids is 1. The number of carbonyl (C=O) groups is 1. The Bertz CT molecular complexity index is 929. The van der Waals surface area contributed by atoms with E-state index >= 15 is 0 Å². The summed E-state index contributed by atoms with van der Waals surface area (Å²) in [5, 5.41) is 3.15. The molecule has 3 rings (SSSR count). The molecule has 0 bridgehead atoms. The van der Waals surface area contributed by atoms with Crippen molar-refractivity contribution in [3.05, 3.63) is 50.9 Å². The van der Waals surface area contributed by atoms with Crippen LogP contribution in [0.1, 0.15) is 40.1 Å². The largest absolute Gasteiger partial charge is 0.504 e. The van der Waals surface area contributed by atoms with Crippen molar-refractivity contribution in [3.8, 4) is 0 Å². The average Bonchev–Trinajstić information content (AvgIpc) is 3.15. The van der Waals surface area contributed by atoms with E-state index < -0.39 is 29.6 Å². The molecule has 0 aromatic carbocycles. The van der Waals surface area contributed by atoms with Gasteiger partial charge in [0.2, 0.25) is 0 Å². The van der Waals surface area contributed by atoms with Gasteiger partial charge in [0.25, 0.3) is 11.5 Å². The maximum absolute atomic E-state index is 14.0. The molecule has 0 saturated carbocycles. The molecule has 1 atom stereocenters. The van der Waals surface area contributed by atoms with E-state index in [1.807, 2.05) is 0 Å². The Balaban J connectivity index is 1.99. The molecule has 2 aromatic rings. The van der Waals surface area contributed by atoms with E-state index in [-0.39, 0.29) is 22.4 Å². The van der Waals surface area contributed by atoms with E-state index in [1.54, 1.807) is 6.92 Å². The van der Waals surface area contributed by atoms with Gasteiger partial charge in [-0.3, -0.25) is 9.59 Å². The molecule has 1 amide bonds. The van der Waals surface area contributed by atoms with Crippen molar-refractivity contribution in [1.29, 1.82) is 0 Å². The number of rotatable bonds is 1. The van der Waals surface area contributed by atoms with Crippen LogP contribution >= 0.6 is 0 Å². The standard InChI is InChI=1S/C15H14F4N4O2/c1-7-11-8(2)22(6-10(11)21(3)14(25)12(7)16)13(24)9-4-20-23(5-9)15(17,18)19/h4-5,8H,6H2,1-3H3/t8-/m1/s1. The summed E-state index contributed by atoms with van der Waals surface area (Å²) < 4.78 is 52.8. The second-order valence-electron chi connectivity index (χ2n) is 5.91. The van der Waals surface area contributed by atoms with Crippen LogP contribution in [0, 0.1) is 12.7 Å². The number of hydrogen-bond donors (Lipinski definition) is 0. The van der Waals surface area contributed by atoms with Crippen molar-refractivity contribution in [2.24, 2.45) is 7.05 Å². The summed E-state index contributed by atoms with van der Waals surface area (Å²) in [5.74, 6) is -1.57. The van der Waals surface area contributed by atoms with Gasteiger partial charge in [0.15, 0.2) is 5.82 Å². The number of pyridine rings is 1. The summed E-state index contributed by atoms with van der Waals surface area (Å²) in [4.78, 5) is 25.7. The Kier molecular flexibility index (Phi) is 3.73. The molecule has 0 fully saturated rings.